The summed E-state index contributed by atoms with van der Waals surface area (Å²) in [5, 5.41) is 5.45. The lowest BCUT2D eigenvalue weighted by Gasteiger charge is -2.03. The molecule has 90 valence electrons. The number of nitrogens with one attached hydrogen (secondary N) is 1. The molecule has 0 aliphatic rings. The van der Waals surface area contributed by atoms with Crippen molar-refractivity contribution in [1.82, 2.24) is 5.32 Å². The third-order valence-corrected chi connectivity index (χ3v) is 3.35. The lowest BCUT2D eigenvalue weighted by molar-refractivity contribution is 0.0874. The standard InChI is InChI=1S/C12H13NO3S/c1-15-7-13-12(14)10-6-17-11-5-8(16-2)3-4-9(10)11/h3-6H,7H2,1-2H3,(H,13,14). The molecule has 1 aromatic carbocycles. The first-order valence-corrected chi connectivity index (χ1v) is 5.96. The van der Waals surface area contributed by atoms with Crippen LogP contribution < -0.4 is 10.1 Å². The van der Waals surface area contributed by atoms with E-state index in [1.54, 1.807) is 7.11 Å². The quantitative estimate of drug-likeness (QED) is 0.848. The normalized spacial score (nSPS) is 10.5. The number of thiophene rings is 1. The second-order valence-corrected chi connectivity index (χ2v) is 4.36. The Morgan fingerprint density at radius 1 is 1.41 bits per heavy atom. The predicted molar refractivity (Wildman–Crippen MR) is 67.7 cm³/mol. The monoisotopic (exact) mass is 251 g/mol. The van der Waals surface area contributed by atoms with E-state index >= 15 is 0 Å². The van der Waals surface area contributed by atoms with Gasteiger partial charge in [-0.05, 0) is 18.2 Å². The zero-order valence-electron chi connectivity index (χ0n) is 9.65. The van der Waals surface area contributed by atoms with Gasteiger partial charge in [-0.25, -0.2) is 0 Å². The SMILES string of the molecule is COCNC(=O)c1csc2cc(OC)ccc12. The van der Waals surface area contributed by atoms with Gasteiger partial charge in [-0.1, -0.05) is 0 Å². The largest absolute Gasteiger partial charge is 0.497 e. The molecule has 2 rings (SSSR count). The van der Waals surface area contributed by atoms with Crippen molar-refractivity contribution in [2.45, 2.75) is 0 Å². The zero-order chi connectivity index (χ0) is 12.3. The maximum Gasteiger partial charge on any atom is 0.254 e. The van der Waals surface area contributed by atoms with Gasteiger partial charge in [0.05, 0.1) is 12.7 Å². The summed E-state index contributed by atoms with van der Waals surface area (Å²) in [7, 11) is 3.16. The van der Waals surface area contributed by atoms with Crippen molar-refractivity contribution in [1.29, 1.82) is 0 Å². The molecule has 0 atom stereocenters. The molecule has 2 aromatic rings. The summed E-state index contributed by atoms with van der Waals surface area (Å²) >= 11 is 1.52. The second-order valence-electron chi connectivity index (χ2n) is 3.45. The number of methoxy groups -OCH3 is 2. The smallest absolute Gasteiger partial charge is 0.254 e. The van der Waals surface area contributed by atoms with Crippen LogP contribution in [0.15, 0.2) is 23.6 Å². The van der Waals surface area contributed by atoms with E-state index < -0.39 is 0 Å². The molecular weight excluding hydrogens is 238 g/mol. The number of carbonyl (C=O) groups excluding carboxylic acids is 1. The van der Waals surface area contributed by atoms with Gasteiger partial charge in [0, 0.05) is 22.6 Å². The van der Waals surface area contributed by atoms with Gasteiger partial charge in [-0.3, -0.25) is 4.79 Å². The Labute approximate surface area is 103 Å². The molecule has 0 saturated carbocycles. The highest BCUT2D eigenvalue weighted by Crippen LogP contribution is 2.29. The molecule has 0 radical (unpaired) electrons. The minimum absolute atomic E-state index is 0.122. The van der Waals surface area contributed by atoms with Crippen LogP contribution >= 0.6 is 11.3 Å². The van der Waals surface area contributed by atoms with Crippen LogP contribution in [0.2, 0.25) is 0 Å². The molecule has 1 heterocycles. The van der Waals surface area contributed by atoms with Crippen LogP contribution in [0, 0.1) is 0 Å². The maximum absolute atomic E-state index is 11.8. The molecule has 0 unspecified atom stereocenters. The number of carbonyl (C=O) groups is 1. The Morgan fingerprint density at radius 2 is 2.24 bits per heavy atom. The number of fused-ring (bicyclic) bond motifs is 1. The van der Waals surface area contributed by atoms with E-state index in [-0.39, 0.29) is 12.6 Å². The third-order valence-electron chi connectivity index (χ3n) is 2.40. The Bertz CT molecular complexity index is 536. The minimum Gasteiger partial charge on any atom is -0.497 e. The summed E-state index contributed by atoms with van der Waals surface area (Å²) in [6, 6.07) is 5.67. The molecule has 0 aliphatic carbocycles. The summed E-state index contributed by atoms with van der Waals surface area (Å²) in [6.45, 7) is 0.215. The maximum atomic E-state index is 11.8. The third kappa shape index (κ3) is 2.40. The highest BCUT2D eigenvalue weighted by Gasteiger charge is 2.11. The first-order valence-electron chi connectivity index (χ1n) is 5.08. The van der Waals surface area contributed by atoms with E-state index in [0.717, 1.165) is 15.8 Å². The lowest BCUT2D eigenvalue weighted by atomic mass is 10.1. The summed E-state index contributed by atoms with van der Waals surface area (Å²) < 4.78 is 11.0. The molecule has 17 heavy (non-hydrogen) atoms. The van der Waals surface area contributed by atoms with E-state index in [4.69, 9.17) is 9.47 Å². The van der Waals surface area contributed by atoms with Crippen LogP contribution in [0.3, 0.4) is 0 Å². The van der Waals surface area contributed by atoms with Crippen LogP contribution in [0.5, 0.6) is 5.75 Å². The predicted octanol–water partition coefficient (Wildman–Crippen LogP) is 2.24. The van der Waals surface area contributed by atoms with E-state index in [1.807, 2.05) is 23.6 Å². The van der Waals surface area contributed by atoms with Crippen molar-refractivity contribution in [2.75, 3.05) is 21.0 Å². The van der Waals surface area contributed by atoms with Gasteiger partial charge >= 0.3 is 0 Å². The Balaban J connectivity index is 2.33. The molecule has 0 bridgehead atoms. The molecule has 0 saturated heterocycles. The average molecular weight is 251 g/mol. The summed E-state index contributed by atoms with van der Waals surface area (Å²) in [5.41, 5.74) is 0.671. The van der Waals surface area contributed by atoms with Gasteiger partial charge in [0.1, 0.15) is 12.5 Å². The Hall–Kier alpha value is -1.59. The van der Waals surface area contributed by atoms with Crippen LogP contribution in [-0.4, -0.2) is 26.9 Å². The van der Waals surface area contributed by atoms with Crippen molar-refractivity contribution in [3.8, 4) is 5.75 Å². The summed E-state index contributed by atoms with van der Waals surface area (Å²) in [6.07, 6.45) is 0. The number of ether oxygens (including phenoxy) is 2. The number of hydrogen-bond donors (Lipinski definition) is 1. The van der Waals surface area contributed by atoms with Crippen molar-refractivity contribution in [3.05, 3.63) is 29.1 Å². The fourth-order valence-corrected chi connectivity index (χ4v) is 2.51. The number of benzene rings is 1. The number of rotatable bonds is 4. The highest BCUT2D eigenvalue weighted by molar-refractivity contribution is 7.17. The van der Waals surface area contributed by atoms with Gasteiger partial charge in [-0.2, -0.15) is 0 Å². The van der Waals surface area contributed by atoms with Crippen LogP contribution in [0.1, 0.15) is 10.4 Å². The van der Waals surface area contributed by atoms with Gasteiger partial charge in [-0.15, -0.1) is 11.3 Å². The Kier molecular flexibility index (Phi) is 3.61. The number of amides is 1. The molecule has 1 aromatic heterocycles. The molecule has 0 spiro atoms. The van der Waals surface area contributed by atoms with Crippen molar-refractivity contribution in [2.24, 2.45) is 0 Å². The summed E-state index contributed by atoms with van der Waals surface area (Å²) in [4.78, 5) is 11.8. The topological polar surface area (TPSA) is 47.6 Å². The van der Waals surface area contributed by atoms with Gasteiger partial charge < -0.3 is 14.8 Å². The lowest BCUT2D eigenvalue weighted by Crippen LogP contribution is -2.24. The molecule has 5 heteroatoms. The first-order chi connectivity index (χ1) is 8.26. The molecule has 0 fully saturated rings. The molecule has 0 aliphatic heterocycles. The fourth-order valence-electron chi connectivity index (χ4n) is 1.54. The van der Waals surface area contributed by atoms with Gasteiger partial charge in [0.2, 0.25) is 0 Å². The average Bonchev–Trinajstić information content (AvgIpc) is 2.78. The van der Waals surface area contributed by atoms with Crippen molar-refractivity contribution in [3.63, 3.8) is 0 Å². The fraction of sp³-hybridized carbons (Fsp3) is 0.250. The van der Waals surface area contributed by atoms with Crippen molar-refractivity contribution < 1.29 is 14.3 Å². The first kappa shape index (κ1) is 11.9. The van der Waals surface area contributed by atoms with Gasteiger partial charge in [0.15, 0.2) is 0 Å². The summed E-state index contributed by atoms with van der Waals surface area (Å²) in [5.74, 6) is 0.673. The highest BCUT2D eigenvalue weighted by atomic mass is 32.1. The molecule has 4 nitrogen and oxygen atoms in total. The molecule has 1 N–H and O–H groups in total. The van der Waals surface area contributed by atoms with Crippen molar-refractivity contribution >= 4 is 27.3 Å². The zero-order valence-corrected chi connectivity index (χ0v) is 10.5. The molecular formula is C12H13NO3S. The molecule has 1 amide bonds. The van der Waals surface area contributed by atoms with Gasteiger partial charge in [0.25, 0.3) is 5.91 Å². The van der Waals surface area contributed by atoms with E-state index in [9.17, 15) is 4.79 Å². The van der Waals surface area contributed by atoms with Crippen LogP contribution in [-0.2, 0) is 4.74 Å². The van der Waals surface area contributed by atoms with E-state index in [1.165, 1.54) is 18.4 Å². The second kappa shape index (κ2) is 5.16. The van der Waals surface area contributed by atoms with Crippen LogP contribution in [0.4, 0.5) is 0 Å². The van der Waals surface area contributed by atoms with E-state index in [0.29, 0.717) is 5.56 Å². The van der Waals surface area contributed by atoms with E-state index in [2.05, 4.69) is 5.32 Å². The minimum atomic E-state index is -0.122. The van der Waals surface area contributed by atoms with Crippen LogP contribution in [0.25, 0.3) is 10.1 Å². The Morgan fingerprint density at radius 3 is 2.94 bits per heavy atom. The number of hydrogen-bond acceptors (Lipinski definition) is 4.